The summed E-state index contributed by atoms with van der Waals surface area (Å²) in [6.07, 6.45) is -1.04. The van der Waals surface area contributed by atoms with Gasteiger partial charge in [0.15, 0.2) is 6.10 Å². The van der Waals surface area contributed by atoms with Gasteiger partial charge in [-0.3, -0.25) is 14.9 Å². The summed E-state index contributed by atoms with van der Waals surface area (Å²) in [5.74, 6) is -2.19. The van der Waals surface area contributed by atoms with Crippen LogP contribution < -0.4 is 0 Å². The van der Waals surface area contributed by atoms with Crippen LogP contribution in [0.3, 0.4) is 0 Å². The predicted octanol–water partition coefficient (Wildman–Crippen LogP) is 3.91. The van der Waals surface area contributed by atoms with Crippen LogP contribution in [0.1, 0.15) is 54.2 Å². The molecule has 7 heteroatoms. The SMILES string of the molecule is C[C@@H](OC(=O)c1ccc([N+](=O)[O-])o1)C(=O)c1ccc(C(C)(C)C)cc1. The maximum absolute atomic E-state index is 12.4. The molecule has 132 valence electrons. The number of rotatable bonds is 5. The number of ketones is 1. The molecule has 0 aliphatic rings. The van der Waals surface area contributed by atoms with Gasteiger partial charge in [0, 0.05) is 5.56 Å². The fourth-order valence-corrected chi connectivity index (χ4v) is 2.18. The Balaban J connectivity index is 2.06. The van der Waals surface area contributed by atoms with E-state index in [4.69, 9.17) is 9.15 Å². The first-order chi connectivity index (χ1) is 11.6. The molecule has 0 N–H and O–H groups in total. The Labute approximate surface area is 144 Å². The van der Waals surface area contributed by atoms with E-state index in [0.717, 1.165) is 17.7 Å². The first-order valence-corrected chi connectivity index (χ1v) is 7.69. The van der Waals surface area contributed by atoms with E-state index in [0.29, 0.717) is 5.56 Å². The van der Waals surface area contributed by atoms with Gasteiger partial charge in [-0.2, -0.15) is 0 Å². The lowest BCUT2D eigenvalue weighted by Crippen LogP contribution is -2.24. The van der Waals surface area contributed by atoms with Crippen molar-refractivity contribution >= 4 is 17.6 Å². The van der Waals surface area contributed by atoms with Gasteiger partial charge in [0.25, 0.3) is 0 Å². The summed E-state index contributed by atoms with van der Waals surface area (Å²) in [4.78, 5) is 34.1. The molecular weight excluding hydrogens is 326 g/mol. The summed E-state index contributed by atoms with van der Waals surface area (Å²) < 4.78 is 9.80. The standard InChI is InChI=1S/C18H19NO6/c1-11(24-17(21)14-9-10-15(25-14)19(22)23)16(20)12-5-7-13(8-6-12)18(2,3)4/h5-11H,1-4H3/t11-/m1/s1. The third kappa shape index (κ3) is 4.32. The van der Waals surface area contributed by atoms with Crippen molar-refractivity contribution < 1.29 is 23.7 Å². The third-order valence-corrected chi connectivity index (χ3v) is 3.66. The molecule has 0 saturated carbocycles. The van der Waals surface area contributed by atoms with Gasteiger partial charge in [0.1, 0.15) is 4.92 Å². The van der Waals surface area contributed by atoms with Crippen molar-refractivity contribution in [2.24, 2.45) is 0 Å². The lowest BCUT2D eigenvalue weighted by atomic mass is 9.86. The molecule has 1 atom stereocenters. The molecule has 0 aliphatic heterocycles. The van der Waals surface area contributed by atoms with Crippen LogP contribution in [-0.2, 0) is 10.2 Å². The smallest absolute Gasteiger partial charge is 0.433 e. The first-order valence-electron chi connectivity index (χ1n) is 7.69. The van der Waals surface area contributed by atoms with Crippen LogP contribution in [0.15, 0.2) is 40.8 Å². The average molecular weight is 345 g/mol. The number of esters is 1. The number of hydrogen-bond acceptors (Lipinski definition) is 6. The maximum atomic E-state index is 12.4. The minimum Gasteiger partial charge on any atom is -0.448 e. The second kappa shape index (κ2) is 6.88. The summed E-state index contributed by atoms with van der Waals surface area (Å²) in [6, 6.07) is 9.27. The quantitative estimate of drug-likeness (QED) is 0.352. The molecule has 0 spiro atoms. The lowest BCUT2D eigenvalue weighted by Gasteiger charge is -2.19. The van der Waals surface area contributed by atoms with E-state index in [-0.39, 0.29) is 17.0 Å². The van der Waals surface area contributed by atoms with Crippen LogP contribution in [0, 0.1) is 10.1 Å². The average Bonchev–Trinajstić information content (AvgIpc) is 3.03. The molecule has 1 aromatic heterocycles. The van der Waals surface area contributed by atoms with Crippen molar-refractivity contribution in [1.82, 2.24) is 0 Å². The lowest BCUT2D eigenvalue weighted by molar-refractivity contribution is -0.402. The molecular formula is C18H19NO6. The van der Waals surface area contributed by atoms with Crippen LogP contribution in [0.5, 0.6) is 0 Å². The highest BCUT2D eigenvalue weighted by Gasteiger charge is 2.24. The van der Waals surface area contributed by atoms with Crippen molar-refractivity contribution in [2.75, 3.05) is 0 Å². The van der Waals surface area contributed by atoms with Crippen molar-refractivity contribution in [1.29, 1.82) is 0 Å². The van der Waals surface area contributed by atoms with Crippen molar-refractivity contribution in [3.8, 4) is 0 Å². The number of furan rings is 1. The number of carbonyl (C=O) groups is 2. The van der Waals surface area contributed by atoms with Gasteiger partial charge in [0.05, 0.1) is 6.07 Å². The Hall–Kier alpha value is -2.96. The van der Waals surface area contributed by atoms with Crippen molar-refractivity contribution in [2.45, 2.75) is 39.2 Å². The summed E-state index contributed by atoms with van der Waals surface area (Å²) >= 11 is 0. The summed E-state index contributed by atoms with van der Waals surface area (Å²) in [5.41, 5.74) is 1.46. The number of Topliss-reactive ketones (excluding diaryl/α,β-unsaturated/α-hetero) is 1. The predicted molar refractivity (Wildman–Crippen MR) is 89.7 cm³/mol. The van der Waals surface area contributed by atoms with Gasteiger partial charge in [-0.15, -0.1) is 0 Å². The molecule has 0 radical (unpaired) electrons. The Morgan fingerprint density at radius 3 is 2.20 bits per heavy atom. The van der Waals surface area contributed by atoms with Crippen LogP contribution in [0.25, 0.3) is 0 Å². The zero-order valence-corrected chi connectivity index (χ0v) is 14.4. The van der Waals surface area contributed by atoms with E-state index in [1.807, 2.05) is 12.1 Å². The van der Waals surface area contributed by atoms with E-state index >= 15 is 0 Å². The van der Waals surface area contributed by atoms with E-state index in [1.54, 1.807) is 12.1 Å². The highest BCUT2D eigenvalue weighted by molar-refractivity contribution is 6.01. The monoisotopic (exact) mass is 345 g/mol. The van der Waals surface area contributed by atoms with Crippen molar-refractivity contribution in [3.05, 3.63) is 63.4 Å². The Morgan fingerprint density at radius 2 is 1.72 bits per heavy atom. The minimum atomic E-state index is -1.04. The first kappa shape index (κ1) is 18.4. The molecule has 0 amide bonds. The highest BCUT2D eigenvalue weighted by Crippen LogP contribution is 2.23. The molecule has 1 heterocycles. The van der Waals surface area contributed by atoms with E-state index in [2.05, 4.69) is 20.8 Å². The number of nitro groups is 1. The van der Waals surface area contributed by atoms with Gasteiger partial charge in [0.2, 0.25) is 11.5 Å². The highest BCUT2D eigenvalue weighted by atomic mass is 16.7. The minimum absolute atomic E-state index is 0.0341. The van der Waals surface area contributed by atoms with Gasteiger partial charge in [-0.25, -0.2) is 4.79 Å². The fraction of sp³-hybridized carbons (Fsp3) is 0.333. The van der Waals surface area contributed by atoms with E-state index in [9.17, 15) is 19.7 Å². The topological polar surface area (TPSA) is 99.7 Å². The molecule has 0 unspecified atom stereocenters. The number of hydrogen-bond donors (Lipinski definition) is 0. The largest absolute Gasteiger partial charge is 0.448 e. The van der Waals surface area contributed by atoms with Crippen LogP contribution in [0.4, 0.5) is 5.88 Å². The second-order valence-corrected chi connectivity index (χ2v) is 6.63. The molecule has 0 saturated heterocycles. The molecule has 2 rings (SSSR count). The van der Waals surface area contributed by atoms with Gasteiger partial charge >= 0.3 is 11.9 Å². The maximum Gasteiger partial charge on any atom is 0.433 e. The number of nitrogens with zero attached hydrogens (tertiary/aromatic N) is 1. The van der Waals surface area contributed by atoms with Gasteiger partial charge in [-0.1, -0.05) is 45.0 Å². The molecule has 7 nitrogen and oxygen atoms in total. The van der Waals surface area contributed by atoms with Crippen molar-refractivity contribution in [3.63, 3.8) is 0 Å². The molecule has 0 fully saturated rings. The molecule has 0 bridgehead atoms. The Morgan fingerprint density at radius 1 is 1.12 bits per heavy atom. The Kier molecular flexibility index (Phi) is 5.06. The van der Waals surface area contributed by atoms with Gasteiger partial charge < -0.3 is 9.15 Å². The zero-order chi connectivity index (χ0) is 18.8. The van der Waals surface area contributed by atoms with E-state index < -0.39 is 22.9 Å². The summed E-state index contributed by atoms with van der Waals surface area (Å²) in [6.45, 7) is 7.64. The van der Waals surface area contributed by atoms with Gasteiger partial charge in [-0.05, 0) is 24.0 Å². The molecule has 2 aromatic rings. The second-order valence-electron chi connectivity index (χ2n) is 6.63. The number of benzene rings is 1. The number of ether oxygens (including phenoxy) is 1. The Bertz CT molecular complexity index is 798. The normalized spacial score (nSPS) is 12.5. The number of carbonyl (C=O) groups excluding carboxylic acids is 2. The van der Waals surface area contributed by atoms with Crippen LogP contribution in [-0.4, -0.2) is 22.8 Å². The van der Waals surface area contributed by atoms with E-state index in [1.165, 1.54) is 6.92 Å². The zero-order valence-electron chi connectivity index (χ0n) is 14.4. The third-order valence-electron chi connectivity index (χ3n) is 3.66. The van der Waals surface area contributed by atoms with Crippen LogP contribution in [0.2, 0.25) is 0 Å². The molecule has 1 aromatic carbocycles. The molecule has 0 aliphatic carbocycles. The van der Waals surface area contributed by atoms with Crippen LogP contribution >= 0.6 is 0 Å². The molecule has 25 heavy (non-hydrogen) atoms. The summed E-state index contributed by atoms with van der Waals surface area (Å²) in [7, 11) is 0. The fourth-order valence-electron chi connectivity index (χ4n) is 2.18. The summed E-state index contributed by atoms with van der Waals surface area (Å²) in [5, 5.41) is 10.6.